The molecule has 2 aromatic rings. The van der Waals surface area contributed by atoms with E-state index in [4.69, 9.17) is 9.15 Å². The summed E-state index contributed by atoms with van der Waals surface area (Å²) in [5.74, 6) is 0.814. The summed E-state index contributed by atoms with van der Waals surface area (Å²) < 4.78 is 11.0. The van der Waals surface area contributed by atoms with E-state index in [1.54, 1.807) is 7.11 Å². The van der Waals surface area contributed by atoms with Crippen LogP contribution in [0.3, 0.4) is 0 Å². The Morgan fingerprint density at radius 1 is 1.33 bits per heavy atom. The van der Waals surface area contributed by atoms with Crippen molar-refractivity contribution in [1.29, 1.82) is 0 Å². The number of nitrogens with zero attached hydrogens (tertiary/aromatic N) is 3. The van der Waals surface area contributed by atoms with Gasteiger partial charge in [-0.15, -0.1) is 0 Å². The van der Waals surface area contributed by atoms with E-state index in [0.717, 1.165) is 56.3 Å². The molecular formula is C16H23N3O2. The molecule has 21 heavy (non-hydrogen) atoms. The molecule has 0 bridgehead atoms. The first-order valence-corrected chi connectivity index (χ1v) is 7.56. The fourth-order valence-electron chi connectivity index (χ4n) is 2.93. The molecule has 5 nitrogen and oxygen atoms in total. The number of aromatic nitrogens is 1. The summed E-state index contributed by atoms with van der Waals surface area (Å²) >= 11 is 0. The molecule has 3 rings (SSSR count). The summed E-state index contributed by atoms with van der Waals surface area (Å²) in [5.41, 5.74) is 1.82. The fourth-order valence-corrected chi connectivity index (χ4v) is 2.93. The molecule has 1 saturated heterocycles. The number of hydrogen-bond acceptors (Lipinski definition) is 5. The van der Waals surface area contributed by atoms with Gasteiger partial charge >= 0.3 is 0 Å². The van der Waals surface area contributed by atoms with Crippen LogP contribution in [0.2, 0.25) is 0 Å². The highest BCUT2D eigenvalue weighted by Gasteiger charge is 2.24. The topological polar surface area (TPSA) is 41.7 Å². The van der Waals surface area contributed by atoms with Gasteiger partial charge in [-0.1, -0.05) is 12.1 Å². The minimum atomic E-state index is 0.540. The van der Waals surface area contributed by atoms with Crippen LogP contribution in [-0.4, -0.2) is 60.7 Å². The predicted octanol–water partition coefficient (Wildman–Crippen LogP) is 1.98. The van der Waals surface area contributed by atoms with Gasteiger partial charge in [0.25, 0.3) is 0 Å². The van der Waals surface area contributed by atoms with E-state index in [0.29, 0.717) is 6.04 Å². The Labute approximate surface area is 125 Å². The SMILES string of the molecule is COCCN1CCN(Cc2nc3ccccc3o2)C[C@H]1C. The number of piperazine rings is 1. The maximum Gasteiger partial charge on any atom is 0.209 e. The number of oxazole rings is 1. The van der Waals surface area contributed by atoms with E-state index in [1.165, 1.54) is 0 Å². The molecule has 0 N–H and O–H groups in total. The van der Waals surface area contributed by atoms with Gasteiger partial charge in [0.05, 0.1) is 13.2 Å². The van der Waals surface area contributed by atoms with Crippen molar-refractivity contribution in [2.45, 2.75) is 19.5 Å². The maximum atomic E-state index is 5.81. The van der Waals surface area contributed by atoms with E-state index in [9.17, 15) is 0 Å². The Morgan fingerprint density at radius 3 is 2.95 bits per heavy atom. The van der Waals surface area contributed by atoms with Crippen molar-refractivity contribution in [2.24, 2.45) is 0 Å². The van der Waals surface area contributed by atoms with E-state index in [1.807, 2.05) is 24.3 Å². The molecule has 1 atom stereocenters. The molecule has 114 valence electrons. The van der Waals surface area contributed by atoms with Crippen molar-refractivity contribution >= 4 is 11.1 Å². The molecule has 1 fully saturated rings. The second kappa shape index (κ2) is 6.56. The molecule has 0 radical (unpaired) electrons. The Bertz CT molecular complexity index is 551. The van der Waals surface area contributed by atoms with Gasteiger partial charge in [-0.3, -0.25) is 9.80 Å². The van der Waals surface area contributed by atoms with Gasteiger partial charge in [0, 0.05) is 39.3 Å². The zero-order chi connectivity index (χ0) is 14.7. The number of fused-ring (bicyclic) bond motifs is 1. The number of para-hydroxylation sites is 2. The molecule has 0 amide bonds. The van der Waals surface area contributed by atoms with Crippen molar-refractivity contribution in [3.05, 3.63) is 30.2 Å². The van der Waals surface area contributed by atoms with Crippen LogP contribution < -0.4 is 0 Å². The summed E-state index contributed by atoms with van der Waals surface area (Å²) in [5, 5.41) is 0. The van der Waals surface area contributed by atoms with Crippen molar-refractivity contribution in [3.63, 3.8) is 0 Å². The zero-order valence-corrected chi connectivity index (χ0v) is 12.8. The van der Waals surface area contributed by atoms with Gasteiger partial charge in [-0.25, -0.2) is 4.98 Å². The molecule has 5 heteroatoms. The van der Waals surface area contributed by atoms with Crippen LogP contribution in [0.5, 0.6) is 0 Å². The van der Waals surface area contributed by atoms with Crippen molar-refractivity contribution in [2.75, 3.05) is 39.9 Å². The van der Waals surface area contributed by atoms with Crippen LogP contribution in [0.15, 0.2) is 28.7 Å². The second-order valence-corrected chi connectivity index (χ2v) is 5.69. The summed E-state index contributed by atoms with van der Waals surface area (Å²) in [7, 11) is 1.76. The van der Waals surface area contributed by atoms with Crippen LogP contribution in [0, 0.1) is 0 Å². The number of rotatable bonds is 5. The summed E-state index contributed by atoms with van der Waals surface area (Å²) in [4.78, 5) is 9.45. The third-order valence-corrected chi connectivity index (χ3v) is 4.13. The van der Waals surface area contributed by atoms with Gasteiger partial charge in [0.15, 0.2) is 5.58 Å². The summed E-state index contributed by atoms with van der Waals surface area (Å²) in [6.45, 7) is 8.04. The van der Waals surface area contributed by atoms with Gasteiger partial charge in [0.1, 0.15) is 5.52 Å². The fraction of sp³-hybridized carbons (Fsp3) is 0.562. The van der Waals surface area contributed by atoms with Crippen LogP contribution in [0.25, 0.3) is 11.1 Å². The Morgan fingerprint density at radius 2 is 2.19 bits per heavy atom. The summed E-state index contributed by atoms with van der Waals surface area (Å²) in [6, 6.07) is 8.47. The molecule has 1 aromatic carbocycles. The lowest BCUT2D eigenvalue weighted by Crippen LogP contribution is -2.52. The van der Waals surface area contributed by atoms with Crippen LogP contribution in [-0.2, 0) is 11.3 Å². The maximum absolute atomic E-state index is 5.81. The molecule has 1 aliphatic rings. The Hall–Kier alpha value is -1.43. The molecule has 2 heterocycles. The van der Waals surface area contributed by atoms with Crippen LogP contribution in [0.1, 0.15) is 12.8 Å². The Kier molecular flexibility index (Phi) is 4.53. The zero-order valence-electron chi connectivity index (χ0n) is 12.8. The average Bonchev–Trinajstić information content (AvgIpc) is 2.88. The average molecular weight is 289 g/mol. The summed E-state index contributed by atoms with van der Waals surface area (Å²) in [6.07, 6.45) is 0. The smallest absolute Gasteiger partial charge is 0.209 e. The van der Waals surface area contributed by atoms with E-state index in [2.05, 4.69) is 21.7 Å². The standard InChI is InChI=1S/C16H23N3O2/c1-13-11-18(7-8-19(13)9-10-20-2)12-16-17-14-5-3-4-6-15(14)21-16/h3-6,13H,7-12H2,1-2H3/t13-/m1/s1. The normalized spacial score (nSPS) is 21.1. The molecular weight excluding hydrogens is 266 g/mol. The van der Waals surface area contributed by atoms with Gasteiger partial charge in [-0.05, 0) is 19.1 Å². The first-order valence-electron chi connectivity index (χ1n) is 7.56. The minimum absolute atomic E-state index is 0.540. The van der Waals surface area contributed by atoms with Crippen molar-refractivity contribution < 1.29 is 9.15 Å². The van der Waals surface area contributed by atoms with Crippen molar-refractivity contribution in [1.82, 2.24) is 14.8 Å². The highest BCUT2D eigenvalue weighted by molar-refractivity contribution is 5.72. The third-order valence-electron chi connectivity index (χ3n) is 4.13. The lowest BCUT2D eigenvalue weighted by atomic mass is 10.2. The first-order chi connectivity index (χ1) is 10.3. The van der Waals surface area contributed by atoms with Crippen LogP contribution >= 0.6 is 0 Å². The van der Waals surface area contributed by atoms with Crippen molar-refractivity contribution in [3.8, 4) is 0 Å². The lowest BCUT2D eigenvalue weighted by molar-refractivity contribution is 0.0524. The highest BCUT2D eigenvalue weighted by Crippen LogP contribution is 2.17. The van der Waals surface area contributed by atoms with E-state index < -0.39 is 0 Å². The third kappa shape index (κ3) is 3.43. The molecule has 0 saturated carbocycles. The molecule has 1 aliphatic heterocycles. The van der Waals surface area contributed by atoms with Gasteiger partial charge in [-0.2, -0.15) is 0 Å². The van der Waals surface area contributed by atoms with Gasteiger partial charge in [0.2, 0.25) is 5.89 Å². The second-order valence-electron chi connectivity index (χ2n) is 5.69. The van der Waals surface area contributed by atoms with E-state index >= 15 is 0 Å². The first kappa shape index (κ1) is 14.5. The quantitative estimate of drug-likeness (QED) is 0.842. The van der Waals surface area contributed by atoms with Gasteiger partial charge < -0.3 is 9.15 Å². The number of hydrogen-bond donors (Lipinski definition) is 0. The van der Waals surface area contributed by atoms with Crippen LogP contribution in [0.4, 0.5) is 0 Å². The predicted molar refractivity (Wildman–Crippen MR) is 82.2 cm³/mol. The molecule has 1 aromatic heterocycles. The largest absolute Gasteiger partial charge is 0.439 e. The Balaban J connectivity index is 1.59. The minimum Gasteiger partial charge on any atom is -0.439 e. The molecule has 0 aliphatic carbocycles. The number of methoxy groups -OCH3 is 1. The molecule has 0 spiro atoms. The lowest BCUT2D eigenvalue weighted by Gasteiger charge is -2.39. The van der Waals surface area contributed by atoms with E-state index in [-0.39, 0.29) is 0 Å². The number of ether oxygens (including phenoxy) is 1. The monoisotopic (exact) mass is 289 g/mol. The number of benzene rings is 1. The molecule has 0 unspecified atom stereocenters. The highest BCUT2D eigenvalue weighted by atomic mass is 16.5.